The van der Waals surface area contributed by atoms with Crippen LogP contribution in [0.3, 0.4) is 0 Å². The van der Waals surface area contributed by atoms with Crippen LogP contribution in [0.25, 0.3) is 6.08 Å². The Kier molecular flexibility index (Phi) is 8.04. The van der Waals surface area contributed by atoms with Gasteiger partial charge in [-0.25, -0.2) is 0 Å². The Morgan fingerprint density at radius 2 is 1.79 bits per heavy atom. The Balaban J connectivity index is 1.44. The number of rotatable bonds is 8. The zero-order valence-corrected chi connectivity index (χ0v) is 19.4. The number of pyridine rings is 1. The standard InChI is InChI=1S/C29H33N3O/c1-23(19-24-11-4-2-5-12-24)21-32-18-10-15-26(22-32)29(27-16-8-9-17-30-27)31-28(33)20-25-13-6-3-7-14-25/h2-9,11-14,16-17,19,26,29H,10,15,18,20-22H2,1H3,(H,31,33)/b23-19+/t26-,29+/m0/s1. The number of hydrogen-bond donors (Lipinski definition) is 1. The van der Waals surface area contributed by atoms with E-state index in [2.05, 4.69) is 52.5 Å². The van der Waals surface area contributed by atoms with E-state index in [0.717, 1.165) is 43.7 Å². The summed E-state index contributed by atoms with van der Waals surface area (Å²) in [4.78, 5) is 20.1. The molecule has 4 nitrogen and oxygen atoms in total. The molecule has 0 saturated carbocycles. The van der Waals surface area contributed by atoms with Gasteiger partial charge in [0.25, 0.3) is 0 Å². The summed E-state index contributed by atoms with van der Waals surface area (Å²) < 4.78 is 0. The molecule has 1 N–H and O–H groups in total. The van der Waals surface area contributed by atoms with E-state index >= 15 is 0 Å². The van der Waals surface area contributed by atoms with Crippen LogP contribution in [0.15, 0.2) is 90.6 Å². The van der Waals surface area contributed by atoms with Crippen molar-refractivity contribution in [2.24, 2.45) is 5.92 Å². The van der Waals surface area contributed by atoms with Gasteiger partial charge in [-0.3, -0.25) is 14.7 Å². The molecule has 2 atom stereocenters. The maximum absolute atomic E-state index is 12.9. The second kappa shape index (κ2) is 11.6. The Bertz CT molecular complexity index is 1030. The molecule has 170 valence electrons. The minimum atomic E-state index is -0.0800. The van der Waals surface area contributed by atoms with Crippen molar-refractivity contribution < 1.29 is 4.79 Å². The summed E-state index contributed by atoms with van der Waals surface area (Å²) >= 11 is 0. The van der Waals surface area contributed by atoms with Crippen LogP contribution < -0.4 is 5.32 Å². The van der Waals surface area contributed by atoms with Gasteiger partial charge in [0, 0.05) is 19.3 Å². The molecule has 1 aromatic heterocycles. The lowest BCUT2D eigenvalue weighted by molar-refractivity contribution is -0.121. The topological polar surface area (TPSA) is 45.2 Å². The number of benzene rings is 2. The van der Waals surface area contributed by atoms with Crippen molar-refractivity contribution in [2.45, 2.75) is 32.2 Å². The Hall–Kier alpha value is -3.24. The molecule has 0 radical (unpaired) electrons. The Labute approximate surface area is 197 Å². The van der Waals surface area contributed by atoms with E-state index in [0.29, 0.717) is 12.3 Å². The number of carbonyl (C=O) groups is 1. The lowest BCUT2D eigenvalue weighted by atomic mass is 9.88. The molecule has 0 bridgehead atoms. The first-order chi connectivity index (χ1) is 16.2. The first-order valence-corrected chi connectivity index (χ1v) is 11.9. The van der Waals surface area contributed by atoms with E-state index in [4.69, 9.17) is 0 Å². The third-order valence-corrected chi connectivity index (χ3v) is 6.23. The van der Waals surface area contributed by atoms with Crippen LogP contribution in [-0.4, -0.2) is 35.4 Å². The van der Waals surface area contributed by atoms with Crippen molar-refractivity contribution in [3.63, 3.8) is 0 Å². The first kappa shape index (κ1) is 22.9. The van der Waals surface area contributed by atoms with Crippen molar-refractivity contribution in [1.82, 2.24) is 15.2 Å². The summed E-state index contributed by atoms with van der Waals surface area (Å²) in [5.74, 6) is 0.382. The third-order valence-electron chi connectivity index (χ3n) is 6.23. The predicted molar refractivity (Wildman–Crippen MR) is 135 cm³/mol. The highest BCUT2D eigenvalue weighted by Gasteiger charge is 2.30. The van der Waals surface area contributed by atoms with Gasteiger partial charge in [0.15, 0.2) is 0 Å². The number of nitrogens with one attached hydrogen (secondary N) is 1. The molecule has 33 heavy (non-hydrogen) atoms. The highest BCUT2D eigenvalue weighted by molar-refractivity contribution is 5.79. The third kappa shape index (κ3) is 6.87. The van der Waals surface area contributed by atoms with Gasteiger partial charge in [-0.05, 0) is 55.5 Å². The van der Waals surface area contributed by atoms with Crippen LogP contribution in [0.2, 0.25) is 0 Å². The highest BCUT2D eigenvalue weighted by Crippen LogP contribution is 2.29. The first-order valence-electron chi connectivity index (χ1n) is 11.9. The molecular formula is C29H33N3O. The lowest BCUT2D eigenvalue weighted by Gasteiger charge is -2.37. The molecule has 1 saturated heterocycles. The Morgan fingerprint density at radius 1 is 1.06 bits per heavy atom. The summed E-state index contributed by atoms with van der Waals surface area (Å²) in [5.41, 5.74) is 4.57. The van der Waals surface area contributed by atoms with Gasteiger partial charge >= 0.3 is 0 Å². The van der Waals surface area contributed by atoms with Crippen LogP contribution in [0, 0.1) is 5.92 Å². The molecule has 0 unspecified atom stereocenters. The largest absolute Gasteiger partial charge is 0.347 e. The predicted octanol–water partition coefficient (Wildman–Crippen LogP) is 5.30. The molecule has 2 heterocycles. The van der Waals surface area contributed by atoms with Gasteiger partial charge in [-0.15, -0.1) is 0 Å². The minimum absolute atomic E-state index is 0.0501. The monoisotopic (exact) mass is 439 g/mol. The molecule has 0 spiro atoms. The lowest BCUT2D eigenvalue weighted by Crippen LogP contribution is -2.44. The maximum atomic E-state index is 12.9. The average Bonchev–Trinajstić information content (AvgIpc) is 2.84. The second-order valence-corrected chi connectivity index (χ2v) is 9.00. The van der Waals surface area contributed by atoms with Crippen molar-refractivity contribution in [2.75, 3.05) is 19.6 Å². The van der Waals surface area contributed by atoms with E-state index in [-0.39, 0.29) is 11.9 Å². The van der Waals surface area contributed by atoms with E-state index < -0.39 is 0 Å². The minimum Gasteiger partial charge on any atom is -0.347 e. The number of aromatic nitrogens is 1. The van der Waals surface area contributed by atoms with Gasteiger partial charge in [0.1, 0.15) is 0 Å². The normalized spacial score (nSPS) is 18.0. The molecular weight excluding hydrogens is 406 g/mol. The SMILES string of the molecule is C/C(=C\c1ccccc1)CN1CCC[C@H]([C@@H](NC(=O)Cc2ccccc2)c2ccccn2)C1. The van der Waals surface area contributed by atoms with Crippen molar-refractivity contribution >= 4 is 12.0 Å². The van der Waals surface area contributed by atoms with Gasteiger partial charge in [-0.1, -0.05) is 78.4 Å². The fourth-order valence-electron chi connectivity index (χ4n) is 4.74. The van der Waals surface area contributed by atoms with Gasteiger partial charge in [0.2, 0.25) is 5.91 Å². The highest BCUT2D eigenvalue weighted by atomic mass is 16.1. The summed E-state index contributed by atoms with van der Waals surface area (Å²) in [6.07, 6.45) is 6.69. The van der Waals surface area contributed by atoms with Crippen molar-refractivity contribution in [1.29, 1.82) is 0 Å². The molecule has 1 aliphatic heterocycles. The van der Waals surface area contributed by atoms with E-state index in [1.165, 1.54) is 11.1 Å². The Morgan fingerprint density at radius 3 is 2.52 bits per heavy atom. The van der Waals surface area contributed by atoms with Crippen molar-refractivity contribution in [3.05, 3.63) is 107 Å². The molecule has 3 aromatic rings. The van der Waals surface area contributed by atoms with E-state index in [1.807, 2.05) is 60.8 Å². The fraction of sp³-hybridized carbons (Fsp3) is 0.310. The summed E-state index contributed by atoms with van der Waals surface area (Å²) in [6.45, 7) is 5.18. The molecule has 1 amide bonds. The van der Waals surface area contributed by atoms with E-state index in [9.17, 15) is 4.79 Å². The number of amides is 1. The molecule has 1 fully saturated rings. The number of hydrogen-bond acceptors (Lipinski definition) is 3. The number of likely N-dealkylation sites (tertiary alicyclic amines) is 1. The molecule has 4 rings (SSSR count). The fourth-order valence-corrected chi connectivity index (χ4v) is 4.74. The second-order valence-electron chi connectivity index (χ2n) is 9.00. The summed E-state index contributed by atoms with van der Waals surface area (Å²) in [7, 11) is 0. The van der Waals surface area contributed by atoms with Gasteiger partial charge < -0.3 is 5.32 Å². The average molecular weight is 440 g/mol. The van der Waals surface area contributed by atoms with Crippen LogP contribution in [0.4, 0.5) is 0 Å². The molecule has 0 aliphatic carbocycles. The zero-order valence-electron chi connectivity index (χ0n) is 19.4. The zero-order chi connectivity index (χ0) is 22.9. The number of carbonyl (C=O) groups excluding carboxylic acids is 1. The molecule has 2 aromatic carbocycles. The van der Waals surface area contributed by atoms with Crippen molar-refractivity contribution in [3.8, 4) is 0 Å². The van der Waals surface area contributed by atoms with Crippen LogP contribution >= 0.6 is 0 Å². The van der Waals surface area contributed by atoms with Gasteiger partial charge in [0.05, 0.1) is 18.2 Å². The van der Waals surface area contributed by atoms with E-state index in [1.54, 1.807) is 0 Å². The van der Waals surface area contributed by atoms with Gasteiger partial charge in [-0.2, -0.15) is 0 Å². The smallest absolute Gasteiger partial charge is 0.224 e. The summed E-state index contributed by atoms with van der Waals surface area (Å²) in [5, 5.41) is 3.32. The quantitative estimate of drug-likeness (QED) is 0.518. The van der Waals surface area contributed by atoms with Crippen LogP contribution in [0.5, 0.6) is 0 Å². The molecule has 1 aliphatic rings. The summed E-state index contributed by atoms with van der Waals surface area (Å²) in [6, 6.07) is 26.3. The van der Waals surface area contributed by atoms with Crippen LogP contribution in [-0.2, 0) is 11.2 Å². The van der Waals surface area contributed by atoms with Crippen LogP contribution in [0.1, 0.15) is 42.6 Å². The number of piperidine rings is 1. The molecule has 4 heteroatoms. The number of nitrogens with zero attached hydrogens (tertiary/aromatic N) is 2. The maximum Gasteiger partial charge on any atom is 0.224 e.